The normalized spacial score (nSPS) is 27.7. The van der Waals surface area contributed by atoms with Gasteiger partial charge in [0, 0.05) is 12.3 Å². The van der Waals surface area contributed by atoms with E-state index in [1.54, 1.807) is 0 Å². The van der Waals surface area contributed by atoms with Crippen molar-refractivity contribution in [2.75, 3.05) is 18.6 Å². The van der Waals surface area contributed by atoms with Gasteiger partial charge in [0.25, 0.3) is 0 Å². The molecule has 0 bridgehead atoms. The molecule has 0 radical (unpaired) electrons. The molecule has 0 amide bonds. The second-order valence-electron chi connectivity index (χ2n) is 4.86. The molecule has 0 spiro atoms. The summed E-state index contributed by atoms with van der Waals surface area (Å²) in [4.78, 5) is 0. The lowest BCUT2D eigenvalue weighted by atomic mass is 10.1. The molecule has 3 unspecified atom stereocenters. The third-order valence-corrected chi connectivity index (χ3v) is 4.12. The Morgan fingerprint density at radius 2 is 2.07 bits per heavy atom. The van der Waals surface area contributed by atoms with Crippen molar-refractivity contribution >= 4 is 9.84 Å². The van der Waals surface area contributed by atoms with Crippen molar-refractivity contribution in [3.63, 3.8) is 0 Å². The van der Waals surface area contributed by atoms with E-state index < -0.39 is 9.84 Å². The Balaban J connectivity index is 2.36. The zero-order valence-electron chi connectivity index (χ0n) is 9.99. The molecule has 0 heterocycles. The molecular weight excluding hydrogens is 210 g/mol. The van der Waals surface area contributed by atoms with Crippen LogP contribution in [0, 0.1) is 11.8 Å². The number of nitrogens with one attached hydrogen (secondary N) is 1. The summed E-state index contributed by atoms with van der Waals surface area (Å²) < 4.78 is 22.2. The molecule has 1 fully saturated rings. The van der Waals surface area contributed by atoms with E-state index >= 15 is 0 Å². The molecule has 0 aromatic rings. The van der Waals surface area contributed by atoms with E-state index in [9.17, 15) is 8.42 Å². The average molecular weight is 233 g/mol. The maximum absolute atomic E-state index is 11.1. The van der Waals surface area contributed by atoms with Gasteiger partial charge in [0.15, 0.2) is 0 Å². The van der Waals surface area contributed by atoms with Gasteiger partial charge in [-0.2, -0.15) is 0 Å². The third kappa shape index (κ3) is 4.98. The SMILES string of the molecule is CCCNC(CCS(C)(=O)=O)C1CC1C. The molecule has 90 valence electrons. The van der Waals surface area contributed by atoms with Crippen LogP contribution in [0.1, 0.15) is 33.1 Å². The van der Waals surface area contributed by atoms with E-state index in [0.717, 1.165) is 25.3 Å². The fourth-order valence-electron chi connectivity index (χ4n) is 2.05. The minimum absolute atomic E-state index is 0.317. The van der Waals surface area contributed by atoms with Gasteiger partial charge in [0.05, 0.1) is 5.75 Å². The topological polar surface area (TPSA) is 46.2 Å². The highest BCUT2D eigenvalue weighted by Gasteiger charge is 2.38. The highest BCUT2D eigenvalue weighted by atomic mass is 32.2. The Kier molecular flexibility index (Phi) is 4.59. The second-order valence-corrected chi connectivity index (χ2v) is 7.12. The van der Waals surface area contributed by atoms with Crippen molar-refractivity contribution in [3.05, 3.63) is 0 Å². The van der Waals surface area contributed by atoms with Crippen LogP contribution in [0.15, 0.2) is 0 Å². The van der Waals surface area contributed by atoms with Gasteiger partial charge < -0.3 is 5.32 Å². The van der Waals surface area contributed by atoms with E-state index in [-0.39, 0.29) is 0 Å². The molecule has 1 aliphatic rings. The minimum atomic E-state index is -2.81. The molecule has 0 aromatic heterocycles. The summed E-state index contributed by atoms with van der Waals surface area (Å²) in [5.74, 6) is 1.80. The Labute approximate surface area is 93.6 Å². The summed E-state index contributed by atoms with van der Waals surface area (Å²) in [5.41, 5.74) is 0. The predicted molar refractivity (Wildman–Crippen MR) is 63.7 cm³/mol. The minimum Gasteiger partial charge on any atom is -0.314 e. The van der Waals surface area contributed by atoms with E-state index in [1.165, 1.54) is 12.7 Å². The molecular formula is C11H23NO2S. The quantitative estimate of drug-likeness (QED) is 0.724. The first-order chi connectivity index (χ1) is 6.94. The van der Waals surface area contributed by atoms with Crippen LogP contribution in [0.25, 0.3) is 0 Å². The van der Waals surface area contributed by atoms with Crippen LogP contribution in [-0.4, -0.2) is 33.0 Å². The Morgan fingerprint density at radius 1 is 1.47 bits per heavy atom. The van der Waals surface area contributed by atoms with Crippen molar-refractivity contribution in [2.24, 2.45) is 11.8 Å². The maximum atomic E-state index is 11.1. The van der Waals surface area contributed by atoms with Gasteiger partial charge in [-0.3, -0.25) is 0 Å². The maximum Gasteiger partial charge on any atom is 0.147 e. The number of hydrogen-bond donors (Lipinski definition) is 1. The monoisotopic (exact) mass is 233 g/mol. The molecule has 0 saturated heterocycles. The summed E-state index contributed by atoms with van der Waals surface area (Å²) in [6, 6.07) is 0.412. The lowest BCUT2D eigenvalue weighted by molar-refractivity contribution is 0.434. The molecule has 0 aliphatic heterocycles. The largest absolute Gasteiger partial charge is 0.314 e. The highest BCUT2D eigenvalue weighted by molar-refractivity contribution is 7.90. The van der Waals surface area contributed by atoms with Gasteiger partial charge >= 0.3 is 0 Å². The van der Waals surface area contributed by atoms with Crippen LogP contribution >= 0.6 is 0 Å². The van der Waals surface area contributed by atoms with Crippen LogP contribution in [0.5, 0.6) is 0 Å². The van der Waals surface area contributed by atoms with Crippen LogP contribution in [0.2, 0.25) is 0 Å². The smallest absolute Gasteiger partial charge is 0.147 e. The lowest BCUT2D eigenvalue weighted by Crippen LogP contribution is -2.34. The van der Waals surface area contributed by atoms with Crippen LogP contribution in [-0.2, 0) is 9.84 Å². The first-order valence-corrected chi connectivity index (χ1v) is 7.91. The van der Waals surface area contributed by atoms with Crippen molar-refractivity contribution in [2.45, 2.75) is 39.2 Å². The molecule has 15 heavy (non-hydrogen) atoms. The van der Waals surface area contributed by atoms with Crippen molar-refractivity contribution < 1.29 is 8.42 Å². The zero-order valence-corrected chi connectivity index (χ0v) is 10.8. The molecule has 1 saturated carbocycles. The summed E-state index contributed by atoms with van der Waals surface area (Å²) in [6.45, 7) is 5.38. The Hall–Kier alpha value is -0.0900. The van der Waals surface area contributed by atoms with Crippen LogP contribution in [0.3, 0.4) is 0 Å². The standard InChI is InChI=1S/C11H23NO2S/c1-4-6-12-11(10-8-9(10)2)5-7-15(3,13)14/h9-12H,4-8H2,1-3H3. The van der Waals surface area contributed by atoms with E-state index in [2.05, 4.69) is 19.2 Å². The van der Waals surface area contributed by atoms with Gasteiger partial charge in [-0.1, -0.05) is 13.8 Å². The summed E-state index contributed by atoms with van der Waals surface area (Å²) >= 11 is 0. The van der Waals surface area contributed by atoms with Crippen molar-refractivity contribution in [1.29, 1.82) is 0 Å². The molecule has 4 heteroatoms. The summed E-state index contributed by atoms with van der Waals surface area (Å²) in [6.07, 6.45) is 4.45. The van der Waals surface area contributed by atoms with Gasteiger partial charge in [0.1, 0.15) is 9.84 Å². The van der Waals surface area contributed by atoms with Crippen LogP contribution in [0.4, 0.5) is 0 Å². The average Bonchev–Trinajstić information content (AvgIpc) is 2.81. The number of rotatable bonds is 7. The van der Waals surface area contributed by atoms with Gasteiger partial charge in [-0.05, 0) is 37.6 Å². The van der Waals surface area contributed by atoms with Gasteiger partial charge in [-0.25, -0.2) is 8.42 Å². The molecule has 1 aliphatic carbocycles. The molecule has 3 atom stereocenters. The third-order valence-electron chi connectivity index (χ3n) is 3.14. The summed E-state index contributed by atoms with van der Waals surface area (Å²) in [5, 5.41) is 3.47. The fourth-order valence-corrected chi connectivity index (χ4v) is 2.73. The molecule has 0 aromatic carbocycles. The van der Waals surface area contributed by atoms with Crippen molar-refractivity contribution in [1.82, 2.24) is 5.32 Å². The van der Waals surface area contributed by atoms with Gasteiger partial charge in [0.2, 0.25) is 0 Å². The van der Waals surface area contributed by atoms with E-state index in [4.69, 9.17) is 0 Å². The van der Waals surface area contributed by atoms with E-state index in [1.807, 2.05) is 0 Å². The van der Waals surface area contributed by atoms with Crippen molar-refractivity contribution in [3.8, 4) is 0 Å². The Bertz CT molecular complexity index is 287. The summed E-state index contributed by atoms with van der Waals surface area (Å²) in [7, 11) is -2.81. The lowest BCUT2D eigenvalue weighted by Gasteiger charge is -2.17. The number of sulfone groups is 1. The number of hydrogen-bond acceptors (Lipinski definition) is 3. The predicted octanol–water partition coefficient (Wildman–Crippen LogP) is 1.45. The zero-order chi connectivity index (χ0) is 11.5. The van der Waals surface area contributed by atoms with E-state index in [0.29, 0.717) is 17.7 Å². The first kappa shape index (κ1) is 13.0. The highest BCUT2D eigenvalue weighted by Crippen LogP contribution is 2.41. The molecule has 3 nitrogen and oxygen atoms in total. The second kappa shape index (κ2) is 5.30. The molecule has 1 N–H and O–H groups in total. The fraction of sp³-hybridized carbons (Fsp3) is 1.00. The van der Waals surface area contributed by atoms with Crippen LogP contribution < -0.4 is 5.32 Å². The first-order valence-electron chi connectivity index (χ1n) is 5.85. The Morgan fingerprint density at radius 3 is 2.47 bits per heavy atom. The molecule has 1 rings (SSSR count). The van der Waals surface area contributed by atoms with Gasteiger partial charge in [-0.15, -0.1) is 0 Å².